The summed E-state index contributed by atoms with van der Waals surface area (Å²) in [5.74, 6) is 0. The lowest BCUT2D eigenvalue weighted by Gasteiger charge is -1.90. The Bertz CT molecular complexity index is 70.8. The minimum atomic E-state index is -1.25. The van der Waals surface area contributed by atoms with E-state index in [9.17, 15) is 4.39 Å². The summed E-state index contributed by atoms with van der Waals surface area (Å²) in [6, 6.07) is 0. The summed E-state index contributed by atoms with van der Waals surface area (Å²) in [6.45, 7) is 2.59. The molecule has 0 amide bonds. The number of hydrogen-bond donors (Lipinski definition) is 1. The average Bonchev–Trinajstić information content (AvgIpc) is 1.66. The second-order valence-corrected chi connectivity index (χ2v) is 1.43. The van der Waals surface area contributed by atoms with Gasteiger partial charge in [-0.2, -0.15) is 0 Å². The molecule has 2 nitrogen and oxygen atoms in total. The molecule has 0 bridgehead atoms. The molecule has 3 heteroatoms. The highest BCUT2D eigenvalue weighted by molar-refractivity contribution is 5.57. The lowest BCUT2D eigenvalue weighted by molar-refractivity contribution is 0.357. The summed E-state index contributed by atoms with van der Waals surface area (Å²) in [4.78, 5) is 3.77. The largest absolute Gasteiger partial charge is 0.301 e. The predicted molar refractivity (Wildman–Crippen MR) is 32.7 cm³/mol. The Labute approximate surface area is 48.6 Å². The molecule has 1 unspecified atom stereocenters. The van der Waals surface area contributed by atoms with Crippen molar-refractivity contribution in [1.82, 2.24) is 0 Å². The quantitative estimate of drug-likeness (QED) is 0.430. The fraction of sp³-hybridized carbons (Fsp3) is 0.800. The zero-order valence-electron chi connectivity index (χ0n) is 4.97. The molecule has 0 aliphatic rings. The molecule has 0 saturated heterocycles. The van der Waals surface area contributed by atoms with Crippen molar-refractivity contribution in [2.24, 2.45) is 10.7 Å². The highest BCUT2D eigenvalue weighted by atomic mass is 19.1. The molecule has 48 valence electrons. The molecule has 0 spiro atoms. The van der Waals surface area contributed by atoms with E-state index >= 15 is 0 Å². The first-order valence-corrected chi connectivity index (χ1v) is 2.65. The minimum Gasteiger partial charge on any atom is -0.301 e. The van der Waals surface area contributed by atoms with Crippen LogP contribution in [0.3, 0.4) is 0 Å². The molecule has 0 aliphatic carbocycles. The van der Waals surface area contributed by atoms with Crippen LogP contribution in [0.4, 0.5) is 4.39 Å². The molecule has 0 radical (unpaired) electrons. The van der Waals surface area contributed by atoms with Gasteiger partial charge in [0.25, 0.3) is 0 Å². The van der Waals surface area contributed by atoms with E-state index in [-0.39, 0.29) is 6.42 Å². The summed E-state index contributed by atoms with van der Waals surface area (Å²) < 4.78 is 11.7. The van der Waals surface area contributed by atoms with Gasteiger partial charge in [0.1, 0.15) is 0 Å². The lowest BCUT2D eigenvalue weighted by atomic mass is 10.4. The molecule has 0 saturated carbocycles. The minimum absolute atomic E-state index is 0.230. The first kappa shape index (κ1) is 7.56. The second-order valence-electron chi connectivity index (χ2n) is 1.43. The average molecular weight is 118 g/mol. The third-order valence-electron chi connectivity index (χ3n) is 0.642. The first-order chi connectivity index (χ1) is 3.77. The van der Waals surface area contributed by atoms with Gasteiger partial charge < -0.3 is 5.73 Å². The highest BCUT2D eigenvalue weighted by Crippen LogP contribution is 1.83. The topological polar surface area (TPSA) is 38.4 Å². The maximum Gasteiger partial charge on any atom is 0.153 e. The molecule has 1 atom stereocenters. The molecule has 2 N–H and O–H groups in total. The van der Waals surface area contributed by atoms with Crippen molar-refractivity contribution >= 4 is 6.21 Å². The van der Waals surface area contributed by atoms with Gasteiger partial charge in [0, 0.05) is 19.2 Å². The maximum absolute atomic E-state index is 11.7. The summed E-state index contributed by atoms with van der Waals surface area (Å²) in [5, 5.41) is 0. The molecular weight excluding hydrogens is 107 g/mol. The maximum atomic E-state index is 11.7. The summed E-state index contributed by atoms with van der Waals surface area (Å²) in [5.41, 5.74) is 4.78. The number of hydrogen-bond acceptors (Lipinski definition) is 2. The van der Waals surface area contributed by atoms with E-state index in [0.29, 0.717) is 6.54 Å². The van der Waals surface area contributed by atoms with Gasteiger partial charge in [0.15, 0.2) is 6.30 Å². The number of nitrogens with two attached hydrogens (primary N) is 1. The monoisotopic (exact) mass is 118 g/mol. The van der Waals surface area contributed by atoms with Crippen LogP contribution in [-0.2, 0) is 0 Å². The first-order valence-electron chi connectivity index (χ1n) is 2.65. The van der Waals surface area contributed by atoms with Crippen LogP contribution in [-0.4, -0.2) is 19.1 Å². The van der Waals surface area contributed by atoms with E-state index in [1.54, 1.807) is 0 Å². The van der Waals surface area contributed by atoms with Crippen LogP contribution < -0.4 is 5.73 Å². The number of nitrogens with zero attached hydrogens (tertiary/aromatic N) is 1. The molecule has 0 heterocycles. The van der Waals surface area contributed by atoms with E-state index in [2.05, 4.69) is 4.99 Å². The molecule has 0 aliphatic heterocycles. The number of alkyl halides is 1. The van der Waals surface area contributed by atoms with E-state index in [4.69, 9.17) is 5.73 Å². The standard InChI is InChI=1S/C5H11FN2/c1-2-8-4-3-5(6)7/h4-5H,2-3,7H2,1H3. The Morgan fingerprint density at radius 1 is 1.88 bits per heavy atom. The van der Waals surface area contributed by atoms with Crippen molar-refractivity contribution in [2.75, 3.05) is 6.54 Å². The Morgan fingerprint density at radius 2 is 2.50 bits per heavy atom. The van der Waals surface area contributed by atoms with E-state index in [1.165, 1.54) is 6.21 Å². The van der Waals surface area contributed by atoms with Crippen molar-refractivity contribution < 1.29 is 4.39 Å². The van der Waals surface area contributed by atoms with Crippen LogP contribution in [0, 0.1) is 0 Å². The molecule has 0 aromatic heterocycles. The Balaban J connectivity index is 3.03. The smallest absolute Gasteiger partial charge is 0.153 e. The van der Waals surface area contributed by atoms with Crippen molar-refractivity contribution in [1.29, 1.82) is 0 Å². The Hall–Kier alpha value is -0.440. The molecule has 0 aromatic carbocycles. The fourth-order valence-electron chi connectivity index (χ4n) is 0.304. The van der Waals surface area contributed by atoms with E-state index < -0.39 is 6.30 Å². The van der Waals surface area contributed by atoms with Crippen LogP contribution in [0.5, 0.6) is 0 Å². The van der Waals surface area contributed by atoms with E-state index in [0.717, 1.165) is 0 Å². The van der Waals surface area contributed by atoms with Gasteiger partial charge in [-0.1, -0.05) is 0 Å². The zero-order chi connectivity index (χ0) is 6.41. The normalized spacial score (nSPS) is 14.9. The number of aliphatic imine (C=N–C) groups is 1. The Morgan fingerprint density at radius 3 is 2.88 bits per heavy atom. The van der Waals surface area contributed by atoms with Crippen molar-refractivity contribution in [3.8, 4) is 0 Å². The predicted octanol–water partition coefficient (Wildman–Crippen LogP) is 0.722. The van der Waals surface area contributed by atoms with Gasteiger partial charge in [-0.25, -0.2) is 4.39 Å². The summed E-state index contributed by atoms with van der Waals surface area (Å²) >= 11 is 0. The van der Waals surface area contributed by atoms with Crippen LogP contribution in [0.1, 0.15) is 13.3 Å². The van der Waals surface area contributed by atoms with Gasteiger partial charge >= 0.3 is 0 Å². The van der Waals surface area contributed by atoms with E-state index in [1.807, 2.05) is 6.92 Å². The van der Waals surface area contributed by atoms with Gasteiger partial charge in [-0.05, 0) is 6.92 Å². The highest BCUT2D eigenvalue weighted by Gasteiger charge is 1.90. The van der Waals surface area contributed by atoms with Crippen molar-refractivity contribution in [3.63, 3.8) is 0 Å². The third kappa shape index (κ3) is 5.56. The SMILES string of the molecule is CCN=CCC(N)F. The van der Waals surface area contributed by atoms with Crippen LogP contribution in [0.15, 0.2) is 4.99 Å². The van der Waals surface area contributed by atoms with Gasteiger partial charge in [0.05, 0.1) is 0 Å². The lowest BCUT2D eigenvalue weighted by Crippen LogP contribution is -2.12. The van der Waals surface area contributed by atoms with Crippen LogP contribution in [0.25, 0.3) is 0 Å². The van der Waals surface area contributed by atoms with Crippen molar-refractivity contribution in [2.45, 2.75) is 19.6 Å². The molecule has 0 rings (SSSR count). The summed E-state index contributed by atoms with van der Waals surface area (Å²) in [6.07, 6.45) is 0.490. The van der Waals surface area contributed by atoms with Crippen LogP contribution >= 0.6 is 0 Å². The van der Waals surface area contributed by atoms with Gasteiger partial charge in [0.2, 0.25) is 0 Å². The molecule has 0 fully saturated rings. The molecular formula is C5H11FN2. The van der Waals surface area contributed by atoms with Gasteiger partial charge in [-0.15, -0.1) is 0 Å². The molecule has 0 aromatic rings. The second kappa shape index (κ2) is 4.71. The third-order valence-corrected chi connectivity index (χ3v) is 0.642. The van der Waals surface area contributed by atoms with Crippen molar-refractivity contribution in [3.05, 3.63) is 0 Å². The summed E-state index contributed by atoms with van der Waals surface area (Å²) in [7, 11) is 0. The number of halogens is 1. The van der Waals surface area contributed by atoms with Crippen LogP contribution in [0.2, 0.25) is 0 Å². The Kier molecular flexibility index (Phi) is 4.45. The fourth-order valence-corrected chi connectivity index (χ4v) is 0.304. The molecule has 8 heavy (non-hydrogen) atoms. The van der Waals surface area contributed by atoms with Gasteiger partial charge in [-0.3, -0.25) is 4.99 Å². The number of rotatable bonds is 3. The zero-order valence-corrected chi connectivity index (χ0v) is 4.97.